The monoisotopic (exact) mass is 395 g/mol. The molecule has 6 nitrogen and oxygen atoms in total. The number of pyridine rings is 1. The quantitative estimate of drug-likeness (QED) is 0.622. The third kappa shape index (κ3) is 3.91. The lowest BCUT2D eigenvalue weighted by Crippen LogP contribution is -2.36. The van der Waals surface area contributed by atoms with Gasteiger partial charge in [-0.3, -0.25) is 14.1 Å². The normalized spacial score (nSPS) is 20.6. The maximum atomic E-state index is 15.3. The topological polar surface area (TPSA) is 63.9 Å². The number of hydrogen-bond donors (Lipinski definition) is 0. The van der Waals surface area contributed by atoms with E-state index < -0.39 is 17.2 Å². The highest BCUT2D eigenvalue weighted by molar-refractivity contribution is 5.88. The van der Waals surface area contributed by atoms with Gasteiger partial charge in [0.25, 0.3) is 5.56 Å². The predicted octanol–water partition coefficient (Wildman–Crippen LogP) is 3.03. The van der Waals surface area contributed by atoms with Crippen LogP contribution in [0.25, 0.3) is 5.65 Å². The van der Waals surface area contributed by atoms with Gasteiger partial charge in [-0.05, 0) is 31.0 Å². The van der Waals surface area contributed by atoms with E-state index in [1.165, 1.54) is 16.8 Å². The number of likely N-dealkylation sites (tertiary alicyclic amines) is 1. The fraction of sp³-hybridized carbons (Fsp3) is 0.318. The van der Waals surface area contributed by atoms with E-state index in [1.54, 1.807) is 18.2 Å². The van der Waals surface area contributed by atoms with Crippen LogP contribution in [0.3, 0.4) is 0 Å². The lowest BCUT2D eigenvalue weighted by Gasteiger charge is -2.26. The molecule has 3 heterocycles. The molecule has 0 N–H and O–H groups in total. The Hall–Kier alpha value is -3.06. The number of fused-ring (bicyclic) bond motifs is 1. The Morgan fingerprint density at radius 1 is 1.24 bits per heavy atom. The Kier molecular flexibility index (Phi) is 5.15. The van der Waals surface area contributed by atoms with Crippen LogP contribution in [0.2, 0.25) is 0 Å². The minimum Gasteiger partial charge on any atom is -0.458 e. The Morgan fingerprint density at radius 3 is 2.79 bits per heavy atom. The number of nitrogens with zero attached hydrogens (tertiary/aromatic N) is 3. The molecule has 0 saturated carbocycles. The number of hydrogen-bond acceptors (Lipinski definition) is 5. The summed E-state index contributed by atoms with van der Waals surface area (Å²) in [5, 5.41) is 0. The van der Waals surface area contributed by atoms with E-state index in [1.807, 2.05) is 42.2 Å². The first kappa shape index (κ1) is 19.3. The third-order valence-electron chi connectivity index (χ3n) is 5.46. The number of halogens is 1. The van der Waals surface area contributed by atoms with Crippen LogP contribution >= 0.6 is 0 Å². The van der Waals surface area contributed by atoms with Crippen LogP contribution in [0, 0.1) is 0 Å². The van der Waals surface area contributed by atoms with Crippen molar-refractivity contribution < 1.29 is 13.9 Å². The van der Waals surface area contributed by atoms with Crippen molar-refractivity contribution in [2.24, 2.45) is 0 Å². The first-order valence-corrected chi connectivity index (χ1v) is 9.58. The molecule has 29 heavy (non-hydrogen) atoms. The largest absolute Gasteiger partial charge is 0.458 e. The summed E-state index contributed by atoms with van der Waals surface area (Å²) in [5.41, 5.74) is -0.829. The maximum absolute atomic E-state index is 15.3. The van der Waals surface area contributed by atoms with Crippen LogP contribution in [0.1, 0.15) is 35.3 Å². The van der Waals surface area contributed by atoms with Gasteiger partial charge in [0.05, 0.1) is 0 Å². The molecule has 1 aliphatic heterocycles. The van der Waals surface area contributed by atoms with Gasteiger partial charge in [0.1, 0.15) is 17.8 Å². The zero-order chi connectivity index (χ0) is 20.4. The molecular formula is C22H22FN3O3. The molecule has 3 aromatic rings. The molecule has 2 aromatic heterocycles. The average molecular weight is 395 g/mol. The van der Waals surface area contributed by atoms with Gasteiger partial charge in [-0.15, -0.1) is 0 Å². The fourth-order valence-electron chi connectivity index (χ4n) is 3.70. The van der Waals surface area contributed by atoms with Gasteiger partial charge < -0.3 is 4.74 Å². The molecule has 1 saturated heterocycles. The van der Waals surface area contributed by atoms with Crippen molar-refractivity contribution in [3.8, 4) is 0 Å². The lowest BCUT2D eigenvalue weighted by atomic mass is 10.1. The van der Waals surface area contributed by atoms with E-state index in [0.717, 1.165) is 5.56 Å². The number of esters is 1. The first-order valence-electron chi connectivity index (χ1n) is 9.58. The second-order valence-electron chi connectivity index (χ2n) is 7.44. The molecule has 1 aromatic carbocycles. The summed E-state index contributed by atoms with van der Waals surface area (Å²) in [6.07, 6.45) is 2.98. The van der Waals surface area contributed by atoms with Gasteiger partial charge in [-0.2, -0.15) is 0 Å². The molecule has 0 amide bonds. The van der Waals surface area contributed by atoms with Crippen LogP contribution in [0.4, 0.5) is 4.39 Å². The van der Waals surface area contributed by atoms with Crippen LogP contribution in [-0.4, -0.2) is 45.6 Å². The maximum Gasteiger partial charge on any atom is 0.345 e. The van der Waals surface area contributed by atoms with E-state index in [9.17, 15) is 9.59 Å². The standard InChI is InChI=1S/C22H22FN3O3/c1-16(17-7-3-2-4-8-17)25-12-10-22(23,14-25)15-29-21(28)18-13-24-19-9-5-6-11-26(19)20(18)27/h2-9,11,13,16H,10,12,14-15H2,1H3/t16-,22?/m1/s1. The Morgan fingerprint density at radius 2 is 2.00 bits per heavy atom. The Balaban J connectivity index is 1.42. The molecule has 0 radical (unpaired) electrons. The molecule has 4 rings (SSSR count). The van der Waals surface area contributed by atoms with Crippen LogP contribution < -0.4 is 5.56 Å². The van der Waals surface area contributed by atoms with Gasteiger partial charge in [0, 0.05) is 31.5 Å². The Labute approximate surface area is 167 Å². The van der Waals surface area contributed by atoms with Crippen molar-refractivity contribution in [3.63, 3.8) is 0 Å². The van der Waals surface area contributed by atoms with Crippen molar-refractivity contribution in [2.45, 2.75) is 25.1 Å². The third-order valence-corrected chi connectivity index (χ3v) is 5.46. The number of ether oxygens (including phenoxy) is 1. The summed E-state index contributed by atoms with van der Waals surface area (Å²) in [5.74, 6) is -0.854. The van der Waals surface area contributed by atoms with Crippen molar-refractivity contribution in [1.29, 1.82) is 0 Å². The average Bonchev–Trinajstić information content (AvgIpc) is 3.15. The number of carbonyl (C=O) groups is 1. The summed E-state index contributed by atoms with van der Waals surface area (Å²) in [4.78, 5) is 31.0. The van der Waals surface area contributed by atoms with E-state index in [0.29, 0.717) is 12.2 Å². The highest BCUT2D eigenvalue weighted by Crippen LogP contribution is 2.32. The summed E-state index contributed by atoms with van der Waals surface area (Å²) in [7, 11) is 0. The lowest BCUT2D eigenvalue weighted by molar-refractivity contribution is 0.0161. The summed E-state index contributed by atoms with van der Waals surface area (Å²) >= 11 is 0. The SMILES string of the molecule is C[C@H](c1ccccc1)N1CCC(F)(COC(=O)c2cnc3ccccn3c2=O)C1. The van der Waals surface area contributed by atoms with Crippen molar-refractivity contribution in [3.05, 3.63) is 82.4 Å². The summed E-state index contributed by atoms with van der Waals surface area (Å²) < 4.78 is 21.7. The van der Waals surface area contributed by atoms with Crippen molar-refractivity contribution in [2.75, 3.05) is 19.7 Å². The van der Waals surface area contributed by atoms with E-state index >= 15 is 4.39 Å². The fourth-order valence-corrected chi connectivity index (χ4v) is 3.70. The highest BCUT2D eigenvalue weighted by atomic mass is 19.1. The number of rotatable bonds is 5. The Bertz CT molecular complexity index is 1090. The molecule has 0 spiro atoms. The van der Waals surface area contributed by atoms with E-state index in [4.69, 9.17) is 4.74 Å². The van der Waals surface area contributed by atoms with Gasteiger partial charge in [0.2, 0.25) is 0 Å². The molecule has 1 fully saturated rings. The highest BCUT2D eigenvalue weighted by Gasteiger charge is 2.41. The zero-order valence-electron chi connectivity index (χ0n) is 16.1. The molecular weight excluding hydrogens is 373 g/mol. The van der Waals surface area contributed by atoms with E-state index in [-0.39, 0.29) is 31.2 Å². The minimum absolute atomic E-state index is 0.0684. The predicted molar refractivity (Wildman–Crippen MR) is 107 cm³/mol. The smallest absolute Gasteiger partial charge is 0.345 e. The number of aromatic nitrogens is 2. The van der Waals surface area contributed by atoms with Gasteiger partial charge in [-0.1, -0.05) is 36.4 Å². The zero-order valence-corrected chi connectivity index (χ0v) is 16.1. The molecule has 1 unspecified atom stereocenters. The second-order valence-corrected chi connectivity index (χ2v) is 7.44. The molecule has 7 heteroatoms. The minimum atomic E-state index is -1.64. The van der Waals surface area contributed by atoms with Gasteiger partial charge in [-0.25, -0.2) is 14.2 Å². The van der Waals surface area contributed by atoms with Crippen LogP contribution in [0.15, 0.2) is 65.7 Å². The van der Waals surface area contributed by atoms with Gasteiger partial charge in [0.15, 0.2) is 5.67 Å². The first-order chi connectivity index (χ1) is 14.0. The number of alkyl halides is 1. The summed E-state index contributed by atoms with van der Waals surface area (Å²) in [6, 6.07) is 15.0. The number of benzene rings is 1. The van der Waals surface area contributed by atoms with Gasteiger partial charge >= 0.3 is 5.97 Å². The number of carbonyl (C=O) groups excluding carboxylic acids is 1. The summed E-state index contributed by atoms with van der Waals surface area (Å²) in [6.45, 7) is 2.39. The van der Waals surface area contributed by atoms with E-state index in [2.05, 4.69) is 4.98 Å². The molecule has 0 bridgehead atoms. The van der Waals surface area contributed by atoms with Crippen molar-refractivity contribution >= 4 is 11.6 Å². The molecule has 2 atom stereocenters. The van der Waals surface area contributed by atoms with Crippen molar-refractivity contribution in [1.82, 2.24) is 14.3 Å². The molecule has 1 aliphatic rings. The molecule has 150 valence electrons. The molecule has 0 aliphatic carbocycles. The van der Waals surface area contributed by atoms with Crippen LogP contribution in [0.5, 0.6) is 0 Å². The van der Waals surface area contributed by atoms with Crippen LogP contribution in [-0.2, 0) is 4.74 Å². The second kappa shape index (κ2) is 7.75.